The number of benzene rings is 1. The molecule has 4 nitrogen and oxygen atoms in total. The molecule has 1 aliphatic rings. The number of carbonyl (C=O) groups excluding carboxylic acids is 1. The van der Waals surface area contributed by atoms with Crippen molar-refractivity contribution in [3.8, 4) is 0 Å². The molecule has 1 N–H and O–H groups in total. The fourth-order valence-electron chi connectivity index (χ4n) is 2.88. The summed E-state index contributed by atoms with van der Waals surface area (Å²) < 4.78 is 5.37. The predicted molar refractivity (Wildman–Crippen MR) is 83.7 cm³/mol. The van der Waals surface area contributed by atoms with Crippen LogP contribution in [0.25, 0.3) is 0 Å². The summed E-state index contributed by atoms with van der Waals surface area (Å²) in [6, 6.07) is 10.4. The van der Waals surface area contributed by atoms with Crippen molar-refractivity contribution >= 4 is 17.3 Å². The number of fused-ring (bicyclic) bond motifs is 1. The predicted octanol–water partition coefficient (Wildman–Crippen LogP) is 3.23. The van der Waals surface area contributed by atoms with Crippen LogP contribution in [0.15, 0.2) is 41.0 Å². The van der Waals surface area contributed by atoms with Gasteiger partial charge in [0.05, 0.1) is 6.26 Å². The van der Waals surface area contributed by atoms with Gasteiger partial charge in [-0.15, -0.1) is 0 Å². The maximum absolute atomic E-state index is 11.5. The van der Waals surface area contributed by atoms with Crippen molar-refractivity contribution in [2.45, 2.75) is 32.7 Å². The van der Waals surface area contributed by atoms with Gasteiger partial charge in [-0.25, -0.2) is 0 Å². The van der Waals surface area contributed by atoms with E-state index in [2.05, 4.69) is 18.3 Å². The van der Waals surface area contributed by atoms with Crippen LogP contribution in [0.2, 0.25) is 0 Å². The van der Waals surface area contributed by atoms with Gasteiger partial charge in [-0.3, -0.25) is 4.79 Å². The van der Waals surface area contributed by atoms with Gasteiger partial charge in [0.2, 0.25) is 5.91 Å². The zero-order valence-electron chi connectivity index (χ0n) is 12.4. The van der Waals surface area contributed by atoms with Gasteiger partial charge in [0, 0.05) is 37.3 Å². The SMILES string of the molecule is CC(=O)N1CCc2cc(NC(C)Cc3ccco3)ccc21. The van der Waals surface area contributed by atoms with Gasteiger partial charge in [0.25, 0.3) is 0 Å². The van der Waals surface area contributed by atoms with E-state index in [9.17, 15) is 4.79 Å². The summed E-state index contributed by atoms with van der Waals surface area (Å²) in [5.74, 6) is 1.10. The molecule has 1 amide bonds. The molecule has 0 saturated heterocycles. The van der Waals surface area contributed by atoms with E-state index in [-0.39, 0.29) is 5.91 Å². The normalized spacial score (nSPS) is 14.9. The molecule has 21 heavy (non-hydrogen) atoms. The zero-order chi connectivity index (χ0) is 14.8. The molecule has 0 radical (unpaired) electrons. The third-order valence-corrected chi connectivity index (χ3v) is 3.86. The minimum atomic E-state index is 0.112. The topological polar surface area (TPSA) is 45.5 Å². The van der Waals surface area contributed by atoms with Gasteiger partial charge >= 0.3 is 0 Å². The molecule has 110 valence electrons. The number of nitrogens with one attached hydrogen (secondary N) is 1. The number of hydrogen-bond donors (Lipinski definition) is 1. The quantitative estimate of drug-likeness (QED) is 0.937. The Labute approximate surface area is 124 Å². The number of rotatable bonds is 4. The lowest BCUT2D eigenvalue weighted by atomic mass is 10.1. The van der Waals surface area contributed by atoms with Crippen molar-refractivity contribution < 1.29 is 9.21 Å². The lowest BCUT2D eigenvalue weighted by Crippen LogP contribution is -2.25. The monoisotopic (exact) mass is 284 g/mol. The first-order valence-electron chi connectivity index (χ1n) is 7.33. The molecule has 1 atom stereocenters. The molecule has 2 aromatic rings. The summed E-state index contributed by atoms with van der Waals surface area (Å²) in [5, 5.41) is 3.49. The minimum absolute atomic E-state index is 0.112. The Bertz CT molecular complexity index is 634. The summed E-state index contributed by atoms with van der Waals surface area (Å²) in [6.07, 6.45) is 3.48. The molecule has 0 bridgehead atoms. The van der Waals surface area contributed by atoms with Crippen LogP contribution in [-0.2, 0) is 17.6 Å². The first-order chi connectivity index (χ1) is 10.1. The number of anilines is 2. The summed E-state index contributed by atoms with van der Waals surface area (Å²) in [7, 11) is 0. The Morgan fingerprint density at radius 2 is 2.29 bits per heavy atom. The van der Waals surface area contributed by atoms with E-state index >= 15 is 0 Å². The van der Waals surface area contributed by atoms with Gasteiger partial charge in [-0.2, -0.15) is 0 Å². The number of nitrogens with zero attached hydrogens (tertiary/aromatic N) is 1. The van der Waals surface area contributed by atoms with Crippen molar-refractivity contribution in [2.75, 3.05) is 16.8 Å². The molecule has 0 fully saturated rings. The van der Waals surface area contributed by atoms with Crippen LogP contribution in [0.4, 0.5) is 11.4 Å². The van der Waals surface area contributed by atoms with Crippen LogP contribution in [0, 0.1) is 0 Å². The van der Waals surface area contributed by atoms with Crippen LogP contribution in [0.3, 0.4) is 0 Å². The summed E-state index contributed by atoms with van der Waals surface area (Å²) in [6.45, 7) is 4.54. The fourth-order valence-corrected chi connectivity index (χ4v) is 2.88. The van der Waals surface area contributed by atoms with Gasteiger partial charge < -0.3 is 14.6 Å². The molecule has 1 unspecified atom stereocenters. The molecule has 0 aliphatic carbocycles. The first kappa shape index (κ1) is 13.7. The summed E-state index contributed by atoms with van der Waals surface area (Å²) in [4.78, 5) is 13.4. The highest BCUT2D eigenvalue weighted by atomic mass is 16.3. The minimum Gasteiger partial charge on any atom is -0.469 e. The molecular formula is C17H20N2O2. The van der Waals surface area contributed by atoms with Gasteiger partial charge in [-0.05, 0) is 49.2 Å². The highest BCUT2D eigenvalue weighted by Gasteiger charge is 2.22. The van der Waals surface area contributed by atoms with E-state index in [1.165, 1.54) is 5.56 Å². The Kier molecular flexibility index (Phi) is 3.69. The van der Waals surface area contributed by atoms with Crippen LogP contribution in [-0.4, -0.2) is 18.5 Å². The molecule has 0 saturated carbocycles. The van der Waals surface area contributed by atoms with E-state index in [0.717, 1.165) is 36.5 Å². The van der Waals surface area contributed by atoms with Crippen molar-refractivity contribution in [2.24, 2.45) is 0 Å². The van der Waals surface area contributed by atoms with Crippen LogP contribution in [0.1, 0.15) is 25.2 Å². The lowest BCUT2D eigenvalue weighted by Gasteiger charge is -2.17. The molecule has 3 rings (SSSR count). The zero-order valence-corrected chi connectivity index (χ0v) is 12.4. The molecule has 1 aromatic carbocycles. The molecule has 4 heteroatoms. The Balaban J connectivity index is 1.69. The molecule has 1 aliphatic heterocycles. The smallest absolute Gasteiger partial charge is 0.223 e. The van der Waals surface area contributed by atoms with Gasteiger partial charge in [0.1, 0.15) is 5.76 Å². The van der Waals surface area contributed by atoms with Crippen molar-refractivity contribution in [3.63, 3.8) is 0 Å². The molecular weight excluding hydrogens is 264 g/mol. The third-order valence-electron chi connectivity index (χ3n) is 3.86. The number of carbonyl (C=O) groups is 1. The number of furan rings is 1. The Morgan fingerprint density at radius 1 is 1.43 bits per heavy atom. The van der Waals surface area contributed by atoms with Crippen LogP contribution < -0.4 is 10.2 Å². The van der Waals surface area contributed by atoms with Crippen LogP contribution >= 0.6 is 0 Å². The standard InChI is InChI=1S/C17H20N2O2/c1-12(10-16-4-3-9-21-16)18-15-5-6-17-14(11-15)7-8-19(17)13(2)20/h3-6,9,11-12,18H,7-8,10H2,1-2H3. The van der Waals surface area contributed by atoms with Crippen molar-refractivity contribution in [1.82, 2.24) is 0 Å². The number of hydrogen-bond acceptors (Lipinski definition) is 3. The Morgan fingerprint density at radius 3 is 3.00 bits per heavy atom. The maximum atomic E-state index is 11.5. The highest BCUT2D eigenvalue weighted by Crippen LogP contribution is 2.30. The fraction of sp³-hybridized carbons (Fsp3) is 0.353. The average molecular weight is 284 g/mol. The van der Waals surface area contributed by atoms with Crippen LogP contribution in [0.5, 0.6) is 0 Å². The molecule has 0 spiro atoms. The number of amides is 1. The van der Waals surface area contributed by atoms with Gasteiger partial charge in [0.15, 0.2) is 0 Å². The molecule has 1 aromatic heterocycles. The highest BCUT2D eigenvalue weighted by molar-refractivity contribution is 5.94. The second-order valence-electron chi connectivity index (χ2n) is 5.59. The third kappa shape index (κ3) is 2.94. The summed E-state index contributed by atoms with van der Waals surface area (Å²) in [5.41, 5.74) is 3.38. The van der Waals surface area contributed by atoms with Crippen molar-refractivity contribution in [3.05, 3.63) is 47.9 Å². The Hall–Kier alpha value is -2.23. The van der Waals surface area contributed by atoms with E-state index in [0.29, 0.717) is 6.04 Å². The summed E-state index contributed by atoms with van der Waals surface area (Å²) >= 11 is 0. The second kappa shape index (κ2) is 5.64. The van der Waals surface area contributed by atoms with E-state index in [1.807, 2.05) is 29.2 Å². The van der Waals surface area contributed by atoms with E-state index < -0.39 is 0 Å². The van der Waals surface area contributed by atoms with Gasteiger partial charge in [-0.1, -0.05) is 0 Å². The maximum Gasteiger partial charge on any atom is 0.223 e. The van der Waals surface area contributed by atoms with E-state index in [1.54, 1.807) is 13.2 Å². The largest absolute Gasteiger partial charge is 0.469 e. The lowest BCUT2D eigenvalue weighted by molar-refractivity contribution is -0.116. The van der Waals surface area contributed by atoms with E-state index in [4.69, 9.17) is 4.42 Å². The average Bonchev–Trinajstić information content (AvgIpc) is 3.06. The first-order valence-corrected chi connectivity index (χ1v) is 7.33. The van der Waals surface area contributed by atoms with Crippen molar-refractivity contribution in [1.29, 1.82) is 0 Å². The second-order valence-corrected chi connectivity index (χ2v) is 5.59. The molecule has 2 heterocycles.